The number of rotatable bonds is 6. The molecule has 0 amide bonds. The van der Waals surface area contributed by atoms with Crippen LogP contribution in [0.4, 0.5) is 17.1 Å². The van der Waals surface area contributed by atoms with Gasteiger partial charge in [0.05, 0.1) is 37.2 Å². The van der Waals surface area contributed by atoms with Crippen LogP contribution in [0.1, 0.15) is 15.1 Å². The summed E-state index contributed by atoms with van der Waals surface area (Å²) in [6.07, 6.45) is 0. The van der Waals surface area contributed by atoms with Crippen molar-refractivity contribution in [3.63, 3.8) is 0 Å². The smallest absolute Gasteiger partial charge is 0.143 e. The molecule has 0 spiro atoms. The van der Waals surface area contributed by atoms with Gasteiger partial charge in [0.1, 0.15) is 11.2 Å². The van der Waals surface area contributed by atoms with E-state index in [0.29, 0.717) is 27.9 Å². The van der Waals surface area contributed by atoms with Gasteiger partial charge in [0.25, 0.3) is 0 Å². The molecule has 0 aliphatic rings. The Bertz CT molecular complexity index is 4190. The van der Waals surface area contributed by atoms with Gasteiger partial charge >= 0.3 is 0 Å². The van der Waals surface area contributed by atoms with E-state index in [1.165, 1.54) is 0 Å². The summed E-state index contributed by atoms with van der Waals surface area (Å²) in [6, 6.07) is 43.1. The van der Waals surface area contributed by atoms with E-state index in [9.17, 15) is 6.85 Å². The van der Waals surface area contributed by atoms with Crippen molar-refractivity contribution in [2.24, 2.45) is 0 Å². The van der Waals surface area contributed by atoms with Crippen molar-refractivity contribution in [3.05, 3.63) is 218 Å². The van der Waals surface area contributed by atoms with Crippen molar-refractivity contribution in [2.75, 3.05) is 4.90 Å². The summed E-state index contributed by atoms with van der Waals surface area (Å²) in [6.45, 7) is 0. The van der Waals surface area contributed by atoms with Crippen molar-refractivity contribution >= 4 is 82.4 Å². The van der Waals surface area contributed by atoms with E-state index in [2.05, 4.69) is 41.0 Å². The van der Waals surface area contributed by atoms with Crippen LogP contribution >= 0.6 is 0 Å². The van der Waals surface area contributed by atoms with Crippen molar-refractivity contribution in [1.29, 1.82) is 0 Å². The number of furan rings is 1. The van der Waals surface area contributed by atoms with Crippen LogP contribution in [0.2, 0.25) is 0 Å². The lowest BCUT2D eigenvalue weighted by Crippen LogP contribution is -2.10. The van der Waals surface area contributed by atoms with Crippen molar-refractivity contribution < 1.29 is 19.5 Å². The van der Waals surface area contributed by atoms with Crippen molar-refractivity contribution in [2.45, 2.75) is 0 Å². The summed E-state index contributed by atoms with van der Waals surface area (Å²) in [7, 11) is 0. The molecule has 0 saturated heterocycles. The van der Waals surface area contributed by atoms with Gasteiger partial charge in [-0.1, -0.05) is 145 Å². The standard InChI is InChI=1S/C56H36N2O/c1-2-17-43(18-3-1)58-50-23-9-8-21-48(50)54-46(22-11-24-51(54)58)42-16-10-19-45(36-42)57(44-32-29-38(30-33-44)41-28-27-37-13-4-5-15-40(37)35-41)52-25-12-26-53-55(52)49-34-31-39-14-6-7-20-47(39)56(49)59-53/h1-36H/i4D,5D,13D,15D,27D,28D,29D,30D,32D,33D,35D. The molecule has 10 aromatic carbocycles. The van der Waals surface area contributed by atoms with Gasteiger partial charge in [-0.25, -0.2) is 0 Å². The molecule has 276 valence electrons. The Morgan fingerprint density at radius 1 is 0.458 bits per heavy atom. The molecule has 0 saturated carbocycles. The quantitative estimate of drug-likeness (QED) is 0.168. The Morgan fingerprint density at radius 3 is 2.10 bits per heavy atom. The highest BCUT2D eigenvalue weighted by Gasteiger charge is 2.22. The molecule has 0 bridgehead atoms. The third-order valence-electron chi connectivity index (χ3n) is 11.1. The third kappa shape index (κ3) is 5.36. The van der Waals surface area contributed by atoms with Crippen LogP contribution < -0.4 is 4.90 Å². The molecule has 3 heteroatoms. The zero-order valence-corrected chi connectivity index (χ0v) is 31.2. The Balaban J connectivity index is 1.14. The molecule has 2 heterocycles. The molecule has 0 radical (unpaired) electrons. The van der Waals surface area contributed by atoms with Gasteiger partial charge in [-0.3, -0.25) is 0 Å². The fourth-order valence-corrected chi connectivity index (χ4v) is 8.49. The molecular weight excluding hydrogens is 717 g/mol. The normalized spacial score (nSPS) is 14.3. The lowest BCUT2D eigenvalue weighted by molar-refractivity contribution is 0.672. The topological polar surface area (TPSA) is 21.3 Å². The minimum atomic E-state index is -0.662. The molecule has 0 atom stereocenters. The van der Waals surface area contributed by atoms with Crippen LogP contribution in [-0.4, -0.2) is 4.57 Å². The van der Waals surface area contributed by atoms with Crippen LogP contribution in [0.3, 0.4) is 0 Å². The van der Waals surface area contributed by atoms with E-state index >= 15 is 0 Å². The van der Waals surface area contributed by atoms with Crippen LogP contribution in [0, 0.1) is 0 Å². The largest absolute Gasteiger partial charge is 0.455 e. The molecule has 3 nitrogen and oxygen atoms in total. The molecular formula is C56H36N2O. The molecule has 0 unspecified atom stereocenters. The molecule has 2 aromatic heterocycles. The van der Waals surface area contributed by atoms with Crippen LogP contribution in [-0.2, 0) is 0 Å². The molecule has 59 heavy (non-hydrogen) atoms. The summed E-state index contributed by atoms with van der Waals surface area (Å²) < 4.78 is 109. The second kappa shape index (κ2) is 13.4. The summed E-state index contributed by atoms with van der Waals surface area (Å²) in [4.78, 5) is 1.70. The van der Waals surface area contributed by atoms with Crippen molar-refractivity contribution in [3.8, 4) is 27.9 Å². The average molecular weight is 764 g/mol. The Kier molecular flexibility index (Phi) is 5.44. The summed E-state index contributed by atoms with van der Waals surface area (Å²) in [5.74, 6) is 0. The molecule has 0 fully saturated rings. The second-order valence-corrected chi connectivity index (χ2v) is 14.4. The Morgan fingerprint density at radius 2 is 1.20 bits per heavy atom. The highest BCUT2D eigenvalue weighted by atomic mass is 16.3. The summed E-state index contributed by atoms with van der Waals surface area (Å²) in [5.41, 5.74) is 5.89. The number of hydrogen-bond donors (Lipinski definition) is 0. The molecule has 0 aliphatic heterocycles. The summed E-state index contributed by atoms with van der Waals surface area (Å²) >= 11 is 0. The van der Waals surface area contributed by atoms with E-state index in [-0.39, 0.29) is 16.5 Å². The maximum atomic E-state index is 9.84. The number of hydrogen-bond acceptors (Lipinski definition) is 2. The lowest BCUT2D eigenvalue weighted by Gasteiger charge is -2.27. The van der Waals surface area contributed by atoms with Gasteiger partial charge in [-0.15, -0.1) is 0 Å². The molecule has 12 aromatic rings. The van der Waals surface area contributed by atoms with Gasteiger partial charge < -0.3 is 13.9 Å². The second-order valence-electron chi connectivity index (χ2n) is 14.4. The monoisotopic (exact) mass is 763 g/mol. The van der Waals surface area contributed by atoms with E-state index < -0.39 is 77.6 Å². The molecule has 0 N–H and O–H groups in total. The molecule has 0 aliphatic carbocycles. The van der Waals surface area contributed by atoms with Gasteiger partial charge in [0.15, 0.2) is 0 Å². The fourth-order valence-electron chi connectivity index (χ4n) is 8.49. The fraction of sp³-hybridized carbons (Fsp3) is 0. The lowest BCUT2D eigenvalue weighted by atomic mass is 9.98. The third-order valence-corrected chi connectivity index (χ3v) is 11.1. The first-order chi connectivity index (χ1) is 33.9. The minimum absolute atomic E-state index is 0.135. The van der Waals surface area contributed by atoms with Crippen LogP contribution in [0.5, 0.6) is 0 Å². The highest BCUT2D eigenvalue weighted by molar-refractivity contribution is 6.20. The first-order valence-corrected chi connectivity index (χ1v) is 19.3. The zero-order chi connectivity index (χ0) is 48.4. The maximum absolute atomic E-state index is 9.84. The Labute approximate surface area is 356 Å². The van der Waals surface area contributed by atoms with E-state index in [4.69, 9.17) is 12.6 Å². The van der Waals surface area contributed by atoms with E-state index in [1.54, 1.807) is 4.90 Å². The number of nitrogens with zero attached hydrogens (tertiary/aromatic N) is 2. The van der Waals surface area contributed by atoms with E-state index in [0.717, 1.165) is 54.8 Å². The SMILES string of the molecule is [2H]c1c([2H])c(N(c2cccc(-c3cccc4c3c3ccccc3n4-c3ccccc3)c2)c2cccc3oc4c5ccccc5ccc4c23)c([2H])c([2H])c1-c1c([2H])c([2H])c2c([2H])c([2H])c([2H])c([2H])c2c1[2H]. The predicted molar refractivity (Wildman–Crippen MR) is 249 cm³/mol. The van der Waals surface area contributed by atoms with Crippen LogP contribution in [0.15, 0.2) is 223 Å². The zero-order valence-electron chi connectivity index (χ0n) is 42.2. The van der Waals surface area contributed by atoms with Gasteiger partial charge in [0, 0.05) is 38.6 Å². The number of para-hydroxylation sites is 2. The number of anilines is 3. The number of benzene rings is 10. The van der Waals surface area contributed by atoms with Crippen LogP contribution in [0.25, 0.3) is 93.2 Å². The maximum Gasteiger partial charge on any atom is 0.143 e. The van der Waals surface area contributed by atoms with Gasteiger partial charge in [0.2, 0.25) is 0 Å². The van der Waals surface area contributed by atoms with E-state index in [1.807, 2.05) is 115 Å². The Hall–Kier alpha value is -7.88. The van der Waals surface area contributed by atoms with Crippen molar-refractivity contribution in [1.82, 2.24) is 4.57 Å². The highest BCUT2D eigenvalue weighted by Crippen LogP contribution is 2.46. The van der Waals surface area contributed by atoms with Gasteiger partial charge in [-0.2, -0.15) is 0 Å². The molecule has 12 rings (SSSR count). The number of fused-ring (bicyclic) bond motifs is 9. The first-order valence-electron chi connectivity index (χ1n) is 24.8. The number of aromatic nitrogens is 1. The van der Waals surface area contributed by atoms with Gasteiger partial charge in [-0.05, 0) is 111 Å². The minimum Gasteiger partial charge on any atom is -0.455 e. The average Bonchev–Trinajstić information content (AvgIpc) is 3.95. The summed E-state index contributed by atoms with van der Waals surface area (Å²) in [5, 5.41) is 4.65. The predicted octanol–water partition coefficient (Wildman–Crippen LogP) is 15.8. The first kappa shape index (κ1) is 24.0.